The summed E-state index contributed by atoms with van der Waals surface area (Å²) < 4.78 is 10.6. The number of carbonyl (C=O) groups is 1. The summed E-state index contributed by atoms with van der Waals surface area (Å²) in [4.78, 5) is 20.1. The van der Waals surface area contributed by atoms with Crippen molar-refractivity contribution in [2.24, 2.45) is 11.1 Å². The average molecular weight is 448 g/mol. The summed E-state index contributed by atoms with van der Waals surface area (Å²) in [5.41, 5.74) is 7.54. The number of thiazole rings is 1. The van der Waals surface area contributed by atoms with Gasteiger partial charge < -0.3 is 20.1 Å². The lowest BCUT2D eigenvalue weighted by atomic mass is 9.90. The summed E-state index contributed by atoms with van der Waals surface area (Å²) in [7, 11) is 3.21. The Morgan fingerprint density at radius 2 is 1.96 bits per heavy atom. The Balaban J connectivity index is 0.00000196. The van der Waals surface area contributed by atoms with Gasteiger partial charge in [-0.3, -0.25) is 4.79 Å². The van der Waals surface area contributed by atoms with Gasteiger partial charge in [0.05, 0.1) is 19.9 Å². The van der Waals surface area contributed by atoms with E-state index in [0.29, 0.717) is 29.5 Å². The van der Waals surface area contributed by atoms with Crippen molar-refractivity contribution >= 4 is 42.1 Å². The van der Waals surface area contributed by atoms with Crippen LogP contribution in [0.2, 0.25) is 0 Å². The molecule has 1 unspecified atom stereocenters. The summed E-state index contributed by atoms with van der Waals surface area (Å²) >= 11 is 1.42. The van der Waals surface area contributed by atoms with Crippen LogP contribution in [-0.2, 0) is 0 Å². The Hall–Kier alpha value is -1.54. The van der Waals surface area contributed by atoms with Crippen molar-refractivity contribution in [2.45, 2.75) is 20.3 Å². The number of nitrogens with zero attached hydrogens (tertiary/aromatic N) is 2. The van der Waals surface area contributed by atoms with E-state index in [4.69, 9.17) is 15.2 Å². The van der Waals surface area contributed by atoms with Crippen molar-refractivity contribution in [2.75, 3.05) is 33.9 Å². The van der Waals surface area contributed by atoms with Gasteiger partial charge in [-0.1, -0.05) is 6.92 Å². The first-order valence-corrected chi connectivity index (χ1v) is 9.41. The number of ether oxygens (including phenoxy) is 2. The lowest BCUT2D eigenvalue weighted by Crippen LogP contribution is -2.34. The quantitative estimate of drug-likeness (QED) is 0.753. The molecule has 3 rings (SSSR count). The van der Waals surface area contributed by atoms with Crippen LogP contribution < -0.4 is 15.2 Å². The van der Waals surface area contributed by atoms with Crippen LogP contribution in [0.25, 0.3) is 10.6 Å². The highest BCUT2D eigenvalue weighted by Crippen LogP contribution is 2.36. The molecular formula is C19H27Cl2N3O3S. The molecule has 1 amide bonds. The first-order chi connectivity index (χ1) is 12.4. The van der Waals surface area contributed by atoms with Gasteiger partial charge in [0.15, 0.2) is 11.5 Å². The number of amides is 1. The largest absolute Gasteiger partial charge is 0.493 e. The zero-order valence-corrected chi connectivity index (χ0v) is 18.9. The van der Waals surface area contributed by atoms with Crippen LogP contribution in [0, 0.1) is 12.3 Å². The number of hydrogen-bond acceptors (Lipinski definition) is 6. The van der Waals surface area contributed by atoms with Crippen molar-refractivity contribution < 1.29 is 14.3 Å². The molecule has 2 N–H and O–H groups in total. The van der Waals surface area contributed by atoms with Gasteiger partial charge in [0, 0.05) is 18.7 Å². The molecule has 1 fully saturated rings. The second kappa shape index (κ2) is 9.78. The highest BCUT2D eigenvalue weighted by Gasteiger charge is 2.36. The third kappa shape index (κ3) is 4.71. The number of halogens is 2. The molecule has 1 atom stereocenters. The van der Waals surface area contributed by atoms with Crippen LogP contribution in [0.5, 0.6) is 11.5 Å². The van der Waals surface area contributed by atoms with Gasteiger partial charge in [0.2, 0.25) is 0 Å². The monoisotopic (exact) mass is 447 g/mol. The first kappa shape index (κ1) is 24.5. The second-order valence-corrected chi connectivity index (χ2v) is 7.99. The number of aryl methyl sites for hydroxylation is 1. The highest BCUT2D eigenvalue weighted by molar-refractivity contribution is 7.17. The number of methoxy groups -OCH3 is 2. The molecule has 1 saturated heterocycles. The molecule has 0 aliphatic carbocycles. The lowest BCUT2D eigenvalue weighted by molar-refractivity contribution is 0.0780. The second-order valence-electron chi connectivity index (χ2n) is 6.99. The van der Waals surface area contributed by atoms with Crippen molar-refractivity contribution in [3.63, 3.8) is 0 Å². The van der Waals surface area contributed by atoms with Gasteiger partial charge in [-0.05, 0) is 43.5 Å². The third-order valence-electron chi connectivity index (χ3n) is 4.96. The maximum absolute atomic E-state index is 13.0. The van der Waals surface area contributed by atoms with Crippen LogP contribution in [-0.4, -0.2) is 49.6 Å². The number of likely N-dealkylation sites (tertiary alicyclic amines) is 1. The molecule has 6 nitrogen and oxygen atoms in total. The van der Waals surface area contributed by atoms with Gasteiger partial charge in [-0.2, -0.15) is 0 Å². The number of nitrogens with two attached hydrogens (primary N) is 1. The maximum Gasteiger partial charge on any atom is 0.265 e. The maximum atomic E-state index is 13.0. The molecule has 0 bridgehead atoms. The number of benzene rings is 1. The van der Waals surface area contributed by atoms with Crippen LogP contribution >= 0.6 is 36.2 Å². The van der Waals surface area contributed by atoms with Crippen molar-refractivity contribution in [3.05, 3.63) is 28.8 Å². The first-order valence-electron chi connectivity index (χ1n) is 8.60. The fraction of sp³-hybridized carbons (Fsp3) is 0.474. The van der Waals surface area contributed by atoms with E-state index in [1.807, 2.05) is 30.0 Å². The van der Waals surface area contributed by atoms with Crippen molar-refractivity contribution in [1.29, 1.82) is 0 Å². The summed E-state index contributed by atoms with van der Waals surface area (Å²) in [5, 5.41) is 0.799. The van der Waals surface area contributed by atoms with Crippen molar-refractivity contribution in [3.8, 4) is 22.1 Å². The molecule has 0 spiro atoms. The van der Waals surface area contributed by atoms with Crippen LogP contribution in [0.15, 0.2) is 18.2 Å². The number of rotatable bonds is 5. The van der Waals surface area contributed by atoms with Crippen LogP contribution in [0.3, 0.4) is 0 Å². The van der Waals surface area contributed by atoms with Gasteiger partial charge in [0.25, 0.3) is 5.91 Å². The smallest absolute Gasteiger partial charge is 0.265 e. The predicted molar refractivity (Wildman–Crippen MR) is 118 cm³/mol. The average Bonchev–Trinajstić information content (AvgIpc) is 3.24. The van der Waals surface area contributed by atoms with Crippen LogP contribution in [0.1, 0.15) is 28.7 Å². The summed E-state index contributed by atoms with van der Waals surface area (Å²) in [6.07, 6.45) is 0.940. The van der Waals surface area contributed by atoms with Crippen LogP contribution in [0.4, 0.5) is 0 Å². The van der Waals surface area contributed by atoms with E-state index in [9.17, 15) is 4.79 Å². The van der Waals surface area contributed by atoms with Gasteiger partial charge in [-0.15, -0.1) is 36.2 Å². The molecule has 2 heterocycles. The van der Waals surface area contributed by atoms with Gasteiger partial charge in [0.1, 0.15) is 9.88 Å². The number of carbonyl (C=O) groups excluding carboxylic acids is 1. The van der Waals surface area contributed by atoms with Crippen molar-refractivity contribution in [1.82, 2.24) is 9.88 Å². The van der Waals surface area contributed by atoms with E-state index in [2.05, 4.69) is 11.9 Å². The fourth-order valence-corrected chi connectivity index (χ4v) is 4.23. The minimum atomic E-state index is 0. The zero-order chi connectivity index (χ0) is 18.9. The molecule has 28 heavy (non-hydrogen) atoms. The Kier molecular flexibility index (Phi) is 8.56. The fourth-order valence-electron chi connectivity index (χ4n) is 3.19. The summed E-state index contributed by atoms with van der Waals surface area (Å²) in [6.45, 7) is 6.05. The molecule has 2 aromatic rings. The summed E-state index contributed by atoms with van der Waals surface area (Å²) in [6, 6.07) is 5.65. The van der Waals surface area contributed by atoms with E-state index >= 15 is 0 Å². The lowest BCUT2D eigenvalue weighted by Gasteiger charge is -2.22. The van der Waals surface area contributed by atoms with Gasteiger partial charge >= 0.3 is 0 Å². The molecule has 1 aliphatic rings. The SMILES string of the molecule is COc1ccc(-c2nc(C)c(C(=O)N3CCC(C)(CN)C3)s2)cc1OC.Cl.Cl. The molecule has 0 saturated carbocycles. The number of hydrogen-bond donors (Lipinski definition) is 1. The Morgan fingerprint density at radius 3 is 2.54 bits per heavy atom. The predicted octanol–water partition coefficient (Wildman–Crippen LogP) is 3.79. The Labute approximate surface area is 182 Å². The molecule has 0 radical (unpaired) electrons. The highest BCUT2D eigenvalue weighted by atomic mass is 35.5. The molecule has 1 aliphatic heterocycles. The van der Waals surface area contributed by atoms with Gasteiger partial charge in [-0.25, -0.2) is 4.98 Å². The minimum absolute atomic E-state index is 0. The standard InChI is InChI=1S/C19H25N3O3S.2ClH/c1-12-16(18(23)22-8-7-19(2,10-20)11-22)26-17(21-12)13-5-6-14(24-3)15(9-13)25-4;;/h5-6,9H,7-8,10-11,20H2,1-4H3;2*1H. The molecule has 9 heteroatoms. The van der Waals surface area contributed by atoms with E-state index < -0.39 is 0 Å². The van der Waals surface area contributed by atoms with E-state index in [-0.39, 0.29) is 36.1 Å². The summed E-state index contributed by atoms with van der Waals surface area (Å²) in [5.74, 6) is 1.35. The zero-order valence-electron chi connectivity index (χ0n) is 16.5. The Morgan fingerprint density at radius 1 is 1.29 bits per heavy atom. The molecule has 156 valence electrons. The minimum Gasteiger partial charge on any atom is -0.493 e. The van der Waals surface area contributed by atoms with E-state index in [1.165, 1.54) is 11.3 Å². The normalized spacial score (nSPS) is 18.2. The van der Waals surface area contributed by atoms with E-state index in [1.54, 1.807) is 14.2 Å². The Bertz CT molecular complexity index is 831. The third-order valence-corrected chi connectivity index (χ3v) is 6.15. The van der Waals surface area contributed by atoms with E-state index in [0.717, 1.165) is 29.2 Å². The number of aromatic nitrogens is 1. The molecular weight excluding hydrogens is 421 g/mol. The molecule has 1 aromatic carbocycles. The molecule has 1 aromatic heterocycles. The topological polar surface area (TPSA) is 77.7 Å².